The summed E-state index contributed by atoms with van der Waals surface area (Å²) in [6.45, 7) is 14.1. The number of Topliss-reactive ketones (excluding diaryl/α,β-unsaturated/α-hetero) is 1. The summed E-state index contributed by atoms with van der Waals surface area (Å²) in [6.07, 6.45) is 11.9. The van der Waals surface area contributed by atoms with Crippen molar-refractivity contribution in [3.63, 3.8) is 0 Å². The molecule has 3 nitrogen and oxygen atoms in total. The molecular formula is C29H44O3. The van der Waals surface area contributed by atoms with Gasteiger partial charge in [-0.3, -0.25) is 4.79 Å². The average Bonchev–Trinajstić information content (AvgIpc) is 2.71. The van der Waals surface area contributed by atoms with Crippen molar-refractivity contribution < 1.29 is 14.7 Å². The molecule has 32 heavy (non-hydrogen) atoms. The van der Waals surface area contributed by atoms with Gasteiger partial charge in [-0.1, -0.05) is 53.2 Å². The Morgan fingerprint density at radius 2 is 1.66 bits per heavy atom. The maximum absolute atomic E-state index is 13.6. The smallest absolute Gasteiger partial charge is 0.137 e. The first-order valence-electron chi connectivity index (χ1n) is 13.2. The van der Waals surface area contributed by atoms with Gasteiger partial charge < -0.3 is 9.90 Å². The number of aliphatic hydroxyl groups excluding tert-OH is 1. The molecular weight excluding hydrogens is 396 g/mol. The van der Waals surface area contributed by atoms with Crippen molar-refractivity contribution in [2.24, 2.45) is 50.7 Å². The van der Waals surface area contributed by atoms with Crippen molar-refractivity contribution in [1.82, 2.24) is 0 Å². The molecule has 5 aliphatic carbocycles. The summed E-state index contributed by atoms with van der Waals surface area (Å²) in [4.78, 5) is 25.8. The standard InChI is InChI=1S/C29H44O3/c1-25(2)12-9-18-19(15-25)20-7-8-23-26(3)13-11-24(32)27(4,17-30)22(26)10-14-28(23,5)29(20,6)16-21(18)31/h7,17-19,22-24,32H,8-16H2,1-6H3. The summed E-state index contributed by atoms with van der Waals surface area (Å²) in [5.74, 6) is 1.83. The second kappa shape index (κ2) is 6.80. The Morgan fingerprint density at radius 1 is 0.938 bits per heavy atom. The first-order valence-corrected chi connectivity index (χ1v) is 13.2. The van der Waals surface area contributed by atoms with Crippen LogP contribution in [0.1, 0.15) is 99.3 Å². The molecule has 0 aromatic carbocycles. The molecule has 5 aliphatic rings. The van der Waals surface area contributed by atoms with Gasteiger partial charge in [0, 0.05) is 17.8 Å². The molecule has 0 heterocycles. The number of aldehydes is 1. The van der Waals surface area contributed by atoms with E-state index in [1.54, 1.807) is 5.57 Å². The summed E-state index contributed by atoms with van der Waals surface area (Å²) in [6, 6.07) is 0. The molecule has 5 rings (SSSR count). The zero-order valence-electron chi connectivity index (χ0n) is 21.2. The zero-order chi connectivity index (χ0) is 23.3. The van der Waals surface area contributed by atoms with E-state index in [9.17, 15) is 14.7 Å². The first-order chi connectivity index (χ1) is 14.8. The fraction of sp³-hybridized carbons (Fsp3) is 0.862. The topological polar surface area (TPSA) is 54.4 Å². The second-order valence-electron chi connectivity index (χ2n) is 14.1. The van der Waals surface area contributed by atoms with Gasteiger partial charge in [-0.2, -0.15) is 0 Å². The van der Waals surface area contributed by atoms with Gasteiger partial charge in [-0.25, -0.2) is 0 Å². The van der Waals surface area contributed by atoms with Crippen LogP contribution in [0.5, 0.6) is 0 Å². The number of rotatable bonds is 1. The van der Waals surface area contributed by atoms with Crippen molar-refractivity contribution in [3.8, 4) is 0 Å². The summed E-state index contributed by atoms with van der Waals surface area (Å²) in [5, 5.41) is 10.8. The Morgan fingerprint density at radius 3 is 2.34 bits per heavy atom. The van der Waals surface area contributed by atoms with Gasteiger partial charge in [0.25, 0.3) is 0 Å². The Labute approximate surface area is 194 Å². The van der Waals surface area contributed by atoms with Crippen LogP contribution in [0.25, 0.3) is 0 Å². The Balaban J connectivity index is 1.59. The van der Waals surface area contributed by atoms with E-state index < -0.39 is 11.5 Å². The number of fused-ring (bicyclic) bond motifs is 7. The number of allylic oxidation sites excluding steroid dienone is 2. The first kappa shape index (κ1) is 22.8. The zero-order valence-corrected chi connectivity index (χ0v) is 21.2. The molecule has 4 saturated carbocycles. The van der Waals surface area contributed by atoms with Gasteiger partial charge in [-0.05, 0) is 85.4 Å². The lowest BCUT2D eigenvalue weighted by Gasteiger charge is -2.70. The van der Waals surface area contributed by atoms with Crippen LogP contribution in [0.3, 0.4) is 0 Å². The SMILES string of the molecule is CC1(C)CCC2C(=O)CC3(C)C(=CCC4C5(C)CCC(O)C(C)(C=O)C5CCC43C)C2C1. The third kappa shape index (κ3) is 2.70. The minimum Gasteiger partial charge on any atom is -0.392 e. The lowest BCUT2D eigenvalue weighted by molar-refractivity contribution is -0.200. The number of carbonyl (C=O) groups excluding carboxylic acids is 2. The van der Waals surface area contributed by atoms with E-state index in [0.29, 0.717) is 35.9 Å². The predicted octanol–water partition coefficient (Wildman–Crippen LogP) is 6.14. The summed E-state index contributed by atoms with van der Waals surface area (Å²) in [5.41, 5.74) is 1.27. The molecule has 0 saturated heterocycles. The minimum absolute atomic E-state index is 0.0265. The third-order valence-electron chi connectivity index (χ3n) is 12.2. The van der Waals surface area contributed by atoms with E-state index >= 15 is 0 Å². The van der Waals surface area contributed by atoms with Gasteiger partial charge in [0.05, 0.1) is 11.5 Å². The van der Waals surface area contributed by atoms with Crippen molar-refractivity contribution >= 4 is 12.1 Å². The molecule has 0 amide bonds. The van der Waals surface area contributed by atoms with Gasteiger partial charge in [0.15, 0.2) is 0 Å². The highest BCUT2D eigenvalue weighted by Gasteiger charge is 2.68. The van der Waals surface area contributed by atoms with Crippen molar-refractivity contribution in [3.05, 3.63) is 11.6 Å². The van der Waals surface area contributed by atoms with Crippen LogP contribution in [0.15, 0.2) is 11.6 Å². The molecule has 0 aromatic heterocycles. The van der Waals surface area contributed by atoms with E-state index in [4.69, 9.17) is 0 Å². The van der Waals surface area contributed by atoms with Crippen LogP contribution in [0.2, 0.25) is 0 Å². The quantitative estimate of drug-likeness (QED) is 0.394. The molecule has 1 N–H and O–H groups in total. The molecule has 3 heteroatoms. The van der Waals surface area contributed by atoms with E-state index in [0.717, 1.165) is 51.2 Å². The van der Waals surface area contributed by atoms with E-state index in [1.165, 1.54) is 0 Å². The van der Waals surface area contributed by atoms with E-state index in [-0.39, 0.29) is 28.1 Å². The molecule has 0 radical (unpaired) electrons. The average molecular weight is 441 g/mol. The molecule has 0 spiro atoms. The number of ketones is 1. The minimum atomic E-state index is -0.653. The number of aliphatic hydroxyl groups is 1. The highest BCUT2D eigenvalue weighted by molar-refractivity contribution is 5.85. The molecule has 9 atom stereocenters. The van der Waals surface area contributed by atoms with Crippen molar-refractivity contribution in [2.75, 3.05) is 0 Å². The molecule has 9 unspecified atom stereocenters. The maximum Gasteiger partial charge on any atom is 0.137 e. The fourth-order valence-corrected chi connectivity index (χ4v) is 10.1. The van der Waals surface area contributed by atoms with Crippen molar-refractivity contribution in [1.29, 1.82) is 0 Å². The lowest BCUT2D eigenvalue weighted by atomic mass is 9.34. The summed E-state index contributed by atoms with van der Waals surface area (Å²) >= 11 is 0. The van der Waals surface area contributed by atoms with Crippen LogP contribution >= 0.6 is 0 Å². The Bertz CT molecular complexity index is 872. The fourth-order valence-electron chi connectivity index (χ4n) is 10.1. The van der Waals surface area contributed by atoms with Gasteiger partial charge in [0.2, 0.25) is 0 Å². The van der Waals surface area contributed by atoms with Gasteiger partial charge in [-0.15, -0.1) is 0 Å². The van der Waals surface area contributed by atoms with Crippen LogP contribution < -0.4 is 0 Å². The number of hydrogen-bond acceptors (Lipinski definition) is 3. The monoisotopic (exact) mass is 440 g/mol. The summed E-state index contributed by atoms with van der Waals surface area (Å²) < 4.78 is 0. The molecule has 178 valence electrons. The van der Waals surface area contributed by atoms with Crippen LogP contribution in [0.4, 0.5) is 0 Å². The van der Waals surface area contributed by atoms with Gasteiger partial charge in [0.1, 0.15) is 12.1 Å². The highest BCUT2D eigenvalue weighted by Crippen LogP contribution is 2.73. The normalized spacial score (nSPS) is 54.4. The lowest BCUT2D eigenvalue weighted by Crippen LogP contribution is -2.65. The van der Waals surface area contributed by atoms with E-state index in [2.05, 4.69) is 40.7 Å². The van der Waals surface area contributed by atoms with Crippen molar-refractivity contribution in [2.45, 2.75) is 105 Å². The number of carbonyl (C=O) groups is 2. The molecule has 0 aromatic rings. The second-order valence-corrected chi connectivity index (χ2v) is 14.1. The molecule has 0 aliphatic heterocycles. The Kier molecular flexibility index (Phi) is 4.85. The van der Waals surface area contributed by atoms with Crippen LogP contribution in [-0.4, -0.2) is 23.3 Å². The van der Waals surface area contributed by atoms with Gasteiger partial charge >= 0.3 is 0 Å². The summed E-state index contributed by atoms with van der Waals surface area (Å²) in [7, 11) is 0. The highest BCUT2D eigenvalue weighted by atomic mass is 16.3. The van der Waals surface area contributed by atoms with E-state index in [1.807, 2.05) is 6.92 Å². The third-order valence-corrected chi connectivity index (χ3v) is 12.2. The molecule has 0 bridgehead atoms. The Hall–Kier alpha value is -0.960. The van der Waals surface area contributed by atoms with Crippen LogP contribution in [0, 0.1) is 50.7 Å². The molecule has 4 fully saturated rings. The largest absolute Gasteiger partial charge is 0.392 e. The van der Waals surface area contributed by atoms with Crippen LogP contribution in [-0.2, 0) is 9.59 Å². The maximum atomic E-state index is 13.6. The predicted molar refractivity (Wildman–Crippen MR) is 127 cm³/mol. The number of hydrogen-bond donors (Lipinski definition) is 1.